The summed E-state index contributed by atoms with van der Waals surface area (Å²) in [6.07, 6.45) is 5.15. The fourth-order valence-electron chi connectivity index (χ4n) is 1.76. The highest BCUT2D eigenvalue weighted by molar-refractivity contribution is 5.75. The third-order valence-electron chi connectivity index (χ3n) is 2.73. The third-order valence-corrected chi connectivity index (χ3v) is 2.73. The van der Waals surface area contributed by atoms with Gasteiger partial charge in [0.25, 0.3) is 0 Å². The summed E-state index contributed by atoms with van der Waals surface area (Å²) in [6, 6.07) is 1.97. The summed E-state index contributed by atoms with van der Waals surface area (Å²) < 4.78 is 4.89. The largest absolute Gasteiger partial charge is 0.464 e. The van der Waals surface area contributed by atoms with Crippen LogP contribution in [0.15, 0.2) is 12.3 Å². The second-order valence-corrected chi connectivity index (χ2v) is 3.98. The molecule has 1 aromatic rings. The van der Waals surface area contributed by atoms with Gasteiger partial charge in [0, 0.05) is 12.6 Å². The lowest BCUT2D eigenvalue weighted by atomic mass is 10.1. The van der Waals surface area contributed by atoms with Crippen molar-refractivity contribution in [3.8, 4) is 0 Å². The van der Waals surface area contributed by atoms with E-state index in [2.05, 4.69) is 9.82 Å². The van der Waals surface area contributed by atoms with Crippen LogP contribution < -0.4 is 16.5 Å². The monoisotopic (exact) mass is 264 g/mol. The standard InChI is InChI=1S/C14H20N2O3/c1-4-11-7-10(9-16-12(11)5-2)8-13(19-15)14(17)18-6-3/h4-5,7,9,13H,6,8,15H2,1-3H3/b11-4-,12-5+. The Morgan fingerprint density at radius 2 is 2.21 bits per heavy atom. The summed E-state index contributed by atoms with van der Waals surface area (Å²) >= 11 is 0. The van der Waals surface area contributed by atoms with Gasteiger partial charge in [0.05, 0.1) is 12.0 Å². The van der Waals surface area contributed by atoms with E-state index in [1.165, 1.54) is 0 Å². The van der Waals surface area contributed by atoms with Gasteiger partial charge in [-0.25, -0.2) is 10.7 Å². The SMILES string of the molecule is C/C=c1/cc(CC(ON)C(=O)OCC)cn/c1=C/C. The zero-order valence-electron chi connectivity index (χ0n) is 11.6. The molecule has 19 heavy (non-hydrogen) atoms. The van der Waals surface area contributed by atoms with Crippen LogP contribution in [0.5, 0.6) is 0 Å². The molecular weight excluding hydrogens is 244 g/mol. The summed E-state index contributed by atoms with van der Waals surface area (Å²) in [5.74, 6) is 4.68. The molecular formula is C14H20N2O3. The molecule has 0 saturated carbocycles. The molecule has 0 aliphatic rings. The molecule has 0 aliphatic carbocycles. The van der Waals surface area contributed by atoms with Crippen molar-refractivity contribution in [1.29, 1.82) is 0 Å². The van der Waals surface area contributed by atoms with Crippen molar-refractivity contribution < 1.29 is 14.4 Å². The molecule has 1 unspecified atom stereocenters. The van der Waals surface area contributed by atoms with Gasteiger partial charge in [0.1, 0.15) is 0 Å². The Hall–Kier alpha value is -1.72. The van der Waals surface area contributed by atoms with Crippen LogP contribution in [0.1, 0.15) is 26.3 Å². The number of aromatic nitrogens is 1. The topological polar surface area (TPSA) is 74.4 Å². The van der Waals surface area contributed by atoms with Gasteiger partial charge in [-0.15, -0.1) is 0 Å². The first-order valence-electron chi connectivity index (χ1n) is 6.26. The summed E-state index contributed by atoms with van der Waals surface area (Å²) in [5.41, 5.74) is 0.877. The Morgan fingerprint density at radius 1 is 1.47 bits per heavy atom. The molecule has 0 saturated heterocycles. The van der Waals surface area contributed by atoms with E-state index >= 15 is 0 Å². The zero-order chi connectivity index (χ0) is 14.3. The van der Waals surface area contributed by atoms with E-state index in [0.717, 1.165) is 16.1 Å². The minimum Gasteiger partial charge on any atom is -0.464 e. The molecule has 1 atom stereocenters. The molecule has 5 heteroatoms. The van der Waals surface area contributed by atoms with Gasteiger partial charge < -0.3 is 4.74 Å². The number of pyridine rings is 1. The van der Waals surface area contributed by atoms with Crippen LogP contribution in [0.4, 0.5) is 0 Å². The number of hydrogen-bond acceptors (Lipinski definition) is 5. The lowest BCUT2D eigenvalue weighted by Crippen LogP contribution is -2.33. The highest BCUT2D eigenvalue weighted by atomic mass is 16.6. The molecule has 1 aromatic heterocycles. The molecule has 104 valence electrons. The minimum absolute atomic E-state index is 0.300. The second-order valence-electron chi connectivity index (χ2n) is 3.98. The maximum absolute atomic E-state index is 11.6. The average Bonchev–Trinajstić information content (AvgIpc) is 2.44. The van der Waals surface area contributed by atoms with E-state index in [1.807, 2.05) is 32.1 Å². The predicted octanol–water partition coefficient (Wildman–Crippen LogP) is 0.0469. The van der Waals surface area contributed by atoms with E-state index in [9.17, 15) is 4.79 Å². The fourth-order valence-corrected chi connectivity index (χ4v) is 1.76. The molecule has 0 aromatic carbocycles. The van der Waals surface area contributed by atoms with Crippen molar-refractivity contribution in [2.45, 2.75) is 33.3 Å². The molecule has 0 bridgehead atoms. The summed E-state index contributed by atoms with van der Waals surface area (Å²) in [6.45, 7) is 5.91. The number of carbonyl (C=O) groups excluding carboxylic acids is 1. The number of rotatable bonds is 5. The zero-order valence-corrected chi connectivity index (χ0v) is 11.6. The van der Waals surface area contributed by atoms with Crippen LogP contribution in [0.25, 0.3) is 12.2 Å². The quantitative estimate of drug-likeness (QED) is 0.600. The maximum atomic E-state index is 11.6. The van der Waals surface area contributed by atoms with E-state index in [0.29, 0.717) is 13.0 Å². The molecule has 2 N–H and O–H groups in total. The number of nitrogens with two attached hydrogens (primary N) is 1. The van der Waals surface area contributed by atoms with Crippen LogP contribution in [0.3, 0.4) is 0 Å². The van der Waals surface area contributed by atoms with Crippen molar-refractivity contribution in [3.05, 3.63) is 28.4 Å². The number of hydrogen-bond donors (Lipinski definition) is 1. The van der Waals surface area contributed by atoms with Gasteiger partial charge in [0.2, 0.25) is 0 Å². The number of carbonyl (C=O) groups is 1. The van der Waals surface area contributed by atoms with Gasteiger partial charge in [-0.3, -0.25) is 9.82 Å². The average molecular weight is 264 g/mol. The third kappa shape index (κ3) is 4.15. The van der Waals surface area contributed by atoms with Gasteiger partial charge in [0.15, 0.2) is 6.10 Å². The molecule has 1 heterocycles. The van der Waals surface area contributed by atoms with Gasteiger partial charge >= 0.3 is 5.97 Å². The van der Waals surface area contributed by atoms with E-state index in [1.54, 1.807) is 13.1 Å². The Bertz CT molecular complexity index is 540. The van der Waals surface area contributed by atoms with Crippen molar-refractivity contribution in [2.75, 3.05) is 6.61 Å². The maximum Gasteiger partial charge on any atom is 0.337 e. The molecule has 0 aliphatic heterocycles. The van der Waals surface area contributed by atoms with Crippen molar-refractivity contribution in [3.63, 3.8) is 0 Å². The molecule has 5 nitrogen and oxygen atoms in total. The minimum atomic E-state index is -0.803. The molecule has 0 fully saturated rings. The van der Waals surface area contributed by atoms with Crippen molar-refractivity contribution >= 4 is 18.1 Å². The van der Waals surface area contributed by atoms with Crippen molar-refractivity contribution in [2.24, 2.45) is 5.90 Å². The number of esters is 1. The number of ether oxygens (including phenoxy) is 1. The summed E-state index contributed by atoms with van der Waals surface area (Å²) in [4.78, 5) is 20.6. The lowest BCUT2D eigenvalue weighted by molar-refractivity contribution is -0.156. The van der Waals surface area contributed by atoms with Crippen molar-refractivity contribution in [1.82, 2.24) is 4.98 Å². The van der Waals surface area contributed by atoms with Crippen LogP contribution in [0.2, 0.25) is 0 Å². The smallest absolute Gasteiger partial charge is 0.337 e. The highest BCUT2D eigenvalue weighted by Crippen LogP contribution is 2.03. The van der Waals surface area contributed by atoms with E-state index in [4.69, 9.17) is 10.6 Å². The van der Waals surface area contributed by atoms with E-state index < -0.39 is 12.1 Å². The van der Waals surface area contributed by atoms with Crippen LogP contribution >= 0.6 is 0 Å². The lowest BCUT2D eigenvalue weighted by Gasteiger charge is -2.12. The normalized spacial score (nSPS) is 14.5. The van der Waals surface area contributed by atoms with Crippen LogP contribution in [-0.4, -0.2) is 23.7 Å². The van der Waals surface area contributed by atoms with E-state index in [-0.39, 0.29) is 0 Å². The highest BCUT2D eigenvalue weighted by Gasteiger charge is 2.20. The Morgan fingerprint density at radius 3 is 2.74 bits per heavy atom. The Labute approximate surface area is 112 Å². The summed E-state index contributed by atoms with van der Waals surface area (Å²) in [5, 5.41) is 1.92. The van der Waals surface area contributed by atoms with Gasteiger partial charge in [-0.1, -0.05) is 12.2 Å². The van der Waals surface area contributed by atoms with Gasteiger partial charge in [-0.2, -0.15) is 0 Å². The molecule has 0 radical (unpaired) electrons. The summed E-state index contributed by atoms with van der Waals surface area (Å²) in [7, 11) is 0. The first-order valence-corrected chi connectivity index (χ1v) is 6.26. The van der Waals surface area contributed by atoms with Crippen LogP contribution in [0, 0.1) is 0 Å². The number of nitrogens with zero attached hydrogens (tertiary/aromatic N) is 1. The van der Waals surface area contributed by atoms with Gasteiger partial charge in [-0.05, 0) is 37.6 Å². The second kappa shape index (κ2) is 7.66. The molecule has 1 rings (SSSR count). The Balaban J connectivity index is 2.96. The van der Waals surface area contributed by atoms with Crippen LogP contribution in [-0.2, 0) is 20.8 Å². The first-order chi connectivity index (χ1) is 9.15. The first kappa shape index (κ1) is 15.3. The predicted molar refractivity (Wildman–Crippen MR) is 73.2 cm³/mol. The molecule has 0 amide bonds. The Kier molecular flexibility index (Phi) is 6.18. The molecule has 0 spiro atoms. The fraction of sp³-hybridized carbons (Fsp3) is 0.429.